The van der Waals surface area contributed by atoms with Crippen LogP contribution in [0.2, 0.25) is 0 Å². The van der Waals surface area contributed by atoms with Crippen molar-refractivity contribution in [1.29, 1.82) is 0 Å². The van der Waals surface area contributed by atoms with Crippen molar-refractivity contribution in [2.75, 3.05) is 25.5 Å². The first-order chi connectivity index (χ1) is 18.3. The molecule has 38 heavy (non-hydrogen) atoms. The quantitative estimate of drug-likeness (QED) is 0.321. The van der Waals surface area contributed by atoms with Crippen LogP contribution in [0.15, 0.2) is 60.7 Å². The fraction of sp³-hybridized carbons (Fsp3) is 0.323. The smallest absolute Gasteiger partial charge is 0.254 e. The van der Waals surface area contributed by atoms with E-state index in [9.17, 15) is 18.0 Å². The summed E-state index contributed by atoms with van der Waals surface area (Å²) < 4.78 is 43.0. The van der Waals surface area contributed by atoms with Crippen LogP contribution < -0.4 is 4.90 Å². The molecule has 7 heteroatoms. The number of aromatic nitrogens is 1. The van der Waals surface area contributed by atoms with Gasteiger partial charge in [-0.2, -0.15) is 0 Å². The van der Waals surface area contributed by atoms with Crippen LogP contribution in [-0.4, -0.2) is 36.4 Å². The molecule has 2 aliphatic rings. The predicted molar refractivity (Wildman–Crippen MR) is 143 cm³/mol. The lowest BCUT2D eigenvalue weighted by atomic mass is 9.69. The first-order valence-corrected chi connectivity index (χ1v) is 13.1. The molecular formula is C31H30F3N3O. The summed E-state index contributed by atoms with van der Waals surface area (Å²) in [5, 5.41) is 1.15. The number of H-pyrrole nitrogens is 1. The molecule has 0 atom stereocenters. The number of anilines is 1. The number of para-hydroxylation sites is 2. The van der Waals surface area contributed by atoms with Crippen LogP contribution in [0.3, 0.4) is 0 Å². The molecule has 1 aromatic heterocycles. The van der Waals surface area contributed by atoms with Crippen molar-refractivity contribution >= 4 is 22.5 Å². The largest absolute Gasteiger partial charge is 0.375 e. The van der Waals surface area contributed by atoms with Crippen LogP contribution >= 0.6 is 0 Å². The molecule has 0 bridgehead atoms. The summed E-state index contributed by atoms with van der Waals surface area (Å²) in [5.74, 6) is -2.01. The highest BCUT2D eigenvalue weighted by atomic mass is 19.1. The molecule has 4 aromatic rings. The van der Waals surface area contributed by atoms with Gasteiger partial charge in [-0.25, -0.2) is 13.2 Å². The van der Waals surface area contributed by atoms with E-state index in [4.69, 9.17) is 0 Å². The lowest BCUT2D eigenvalue weighted by Gasteiger charge is -2.51. The first-order valence-electron chi connectivity index (χ1n) is 13.1. The molecule has 1 aliphatic heterocycles. The lowest BCUT2D eigenvalue weighted by Crippen LogP contribution is -2.55. The Balaban J connectivity index is 1.43. The number of nitrogens with one attached hydrogen (secondary N) is 1. The Hall–Kier alpha value is -3.74. The fourth-order valence-corrected chi connectivity index (χ4v) is 6.82. The van der Waals surface area contributed by atoms with Gasteiger partial charge < -0.3 is 14.8 Å². The maximum Gasteiger partial charge on any atom is 0.254 e. The number of fused-ring (bicyclic) bond motifs is 4. The number of hydrogen-bond donors (Lipinski definition) is 1. The summed E-state index contributed by atoms with van der Waals surface area (Å²) >= 11 is 0. The molecule has 1 N–H and O–H groups in total. The zero-order valence-electron chi connectivity index (χ0n) is 21.5. The standard InChI is InChI=1S/C31H30F3N3O/c1-36(2)28-23(7-5-8-26(28)34)19-10-13-31(14-11-19)29-25(24-6-3-4-9-27(24)35-29)12-15-37(31)30(38)20-16-21(32)18-22(33)17-20/h3-9,16-19,35H,10-15H2,1-2H3. The van der Waals surface area contributed by atoms with Crippen molar-refractivity contribution in [3.63, 3.8) is 0 Å². The average molecular weight is 518 g/mol. The van der Waals surface area contributed by atoms with E-state index < -0.39 is 17.2 Å². The summed E-state index contributed by atoms with van der Waals surface area (Å²) in [7, 11) is 3.70. The lowest BCUT2D eigenvalue weighted by molar-refractivity contribution is 0.0225. The van der Waals surface area contributed by atoms with E-state index in [-0.39, 0.29) is 23.2 Å². The van der Waals surface area contributed by atoms with Crippen molar-refractivity contribution in [1.82, 2.24) is 9.88 Å². The number of hydrogen-bond acceptors (Lipinski definition) is 2. The minimum absolute atomic E-state index is 0.0172. The Bertz CT molecular complexity index is 1510. The maximum absolute atomic E-state index is 14.8. The number of aromatic amines is 1. The van der Waals surface area contributed by atoms with Crippen molar-refractivity contribution in [3.8, 4) is 0 Å². The van der Waals surface area contributed by atoms with Gasteiger partial charge in [0.1, 0.15) is 17.5 Å². The maximum atomic E-state index is 14.8. The van der Waals surface area contributed by atoms with Crippen molar-refractivity contribution in [2.24, 2.45) is 0 Å². The fourth-order valence-electron chi connectivity index (χ4n) is 6.82. The topological polar surface area (TPSA) is 39.3 Å². The average Bonchev–Trinajstić information content (AvgIpc) is 3.28. The van der Waals surface area contributed by atoms with Gasteiger partial charge >= 0.3 is 0 Å². The van der Waals surface area contributed by atoms with E-state index in [2.05, 4.69) is 11.1 Å². The molecule has 1 aliphatic carbocycles. The van der Waals surface area contributed by atoms with Crippen LogP contribution in [0.4, 0.5) is 18.9 Å². The highest BCUT2D eigenvalue weighted by Gasteiger charge is 2.49. The van der Waals surface area contributed by atoms with Crippen LogP contribution in [0, 0.1) is 17.5 Å². The normalized spacial score (nSPS) is 21.1. The summed E-state index contributed by atoms with van der Waals surface area (Å²) in [4.78, 5) is 21.1. The van der Waals surface area contributed by atoms with Gasteiger partial charge in [0.05, 0.1) is 11.2 Å². The van der Waals surface area contributed by atoms with E-state index in [1.165, 1.54) is 11.6 Å². The van der Waals surface area contributed by atoms with Crippen LogP contribution in [0.1, 0.15) is 58.8 Å². The zero-order chi connectivity index (χ0) is 26.6. The van der Waals surface area contributed by atoms with Gasteiger partial charge in [0.15, 0.2) is 0 Å². The summed E-state index contributed by atoms with van der Waals surface area (Å²) in [5.41, 5.74) is 4.19. The van der Waals surface area contributed by atoms with Gasteiger partial charge in [-0.3, -0.25) is 4.79 Å². The van der Waals surface area contributed by atoms with Gasteiger partial charge in [-0.05, 0) is 73.4 Å². The highest BCUT2D eigenvalue weighted by molar-refractivity contribution is 5.96. The minimum Gasteiger partial charge on any atom is -0.375 e. The monoisotopic (exact) mass is 517 g/mol. The van der Waals surface area contributed by atoms with E-state index in [1.54, 1.807) is 6.07 Å². The summed E-state index contributed by atoms with van der Waals surface area (Å²) in [6.07, 6.45) is 3.47. The Labute approximate surface area is 220 Å². The van der Waals surface area contributed by atoms with Crippen LogP contribution in [-0.2, 0) is 12.0 Å². The van der Waals surface area contributed by atoms with E-state index in [0.29, 0.717) is 31.5 Å². The molecule has 0 unspecified atom stereocenters. The Morgan fingerprint density at radius 3 is 2.39 bits per heavy atom. The summed E-state index contributed by atoms with van der Waals surface area (Å²) in [6.45, 7) is 0.458. The van der Waals surface area contributed by atoms with Crippen molar-refractivity contribution in [3.05, 3.63) is 100 Å². The molecule has 0 saturated heterocycles. The number of amides is 1. The SMILES string of the molecule is CN(C)c1c(F)cccc1C1CCC2(CC1)c1[nH]c3ccccc3c1CCN2C(=O)c1cc(F)cc(F)c1. The van der Waals surface area contributed by atoms with E-state index >= 15 is 0 Å². The van der Waals surface area contributed by atoms with Gasteiger partial charge in [-0.15, -0.1) is 0 Å². The number of rotatable bonds is 3. The number of nitrogens with zero attached hydrogens (tertiary/aromatic N) is 2. The molecule has 0 radical (unpaired) electrons. The molecule has 6 rings (SSSR count). The molecule has 1 saturated carbocycles. The van der Waals surface area contributed by atoms with Crippen molar-refractivity contribution < 1.29 is 18.0 Å². The van der Waals surface area contributed by atoms with E-state index in [0.717, 1.165) is 53.2 Å². The van der Waals surface area contributed by atoms with Gasteiger partial charge in [0, 0.05) is 48.9 Å². The zero-order valence-corrected chi connectivity index (χ0v) is 21.5. The van der Waals surface area contributed by atoms with Crippen LogP contribution in [0.5, 0.6) is 0 Å². The highest BCUT2D eigenvalue weighted by Crippen LogP contribution is 2.52. The van der Waals surface area contributed by atoms with Crippen LogP contribution in [0.25, 0.3) is 10.9 Å². The predicted octanol–water partition coefficient (Wildman–Crippen LogP) is 6.90. The van der Waals surface area contributed by atoms with Gasteiger partial charge in [0.2, 0.25) is 0 Å². The molecule has 3 aromatic carbocycles. The second-order valence-electron chi connectivity index (χ2n) is 10.8. The molecule has 196 valence electrons. The third-order valence-corrected chi connectivity index (χ3v) is 8.45. The molecular weight excluding hydrogens is 487 g/mol. The van der Waals surface area contributed by atoms with E-state index in [1.807, 2.05) is 48.2 Å². The molecule has 2 heterocycles. The first kappa shape index (κ1) is 24.6. The molecule has 4 nitrogen and oxygen atoms in total. The minimum atomic E-state index is -0.767. The van der Waals surface area contributed by atoms with Gasteiger partial charge in [0.25, 0.3) is 5.91 Å². The Morgan fingerprint density at radius 2 is 1.68 bits per heavy atom. The third kappa shape index (κ3) is 3.87. The Kier molecular flexibility index (Phi) is 5.97. The third-order valence-electron chi connectivity index (χ3n) is 8.45. The molecule has 1 spiro atoms. The summed E-state index contributed by atoms with van der Waals surface area (Å²) in [6, 6.07) is 16.4. The molecule has 1 fully saturated rings. The second-order valence-corrected chi connectivity index (χ2v) is 10.8. The van der Waals surface area contributed by atoms with Gasteiger partial charge in [-0.1, -0.05) is 30.3 Å². The second kappa shape index (κ2) is 9.22. The van der Waals surface area contributed by atoms with Crippen molar-refractivity contribution in [2.45, 2.75) is 43.6 Å². The molecule has 1 amide bonds. The number of carbonyl (C=O) groups is 1. The number of halogens is 3. The Morgan fingerprint density at radius 1 is 0.974 bits per heavy atom. The number of carbonyl (C=O) groups excluding carboxylic acids is 1. The number of benzene rings is 3.